The van der Waals surface area contributed by atoms with Crippen LogP contribution in [0.15, 0.2) is 18.3 Å². The lowest BCUT2D eigenvalue weighted by molar-refractivity contribution is 0.0696. The van der Waals surface area contributed by atoms with Gasteiger partial charge in [-0.3, -0.25) is 4.98 Å². The molecule has 2 N–H and O–H groups in total. The summed E-state index contributed by atoms with van der Waals surface area (Å²) in [5.74, 6) is -1.02. The molecular formula is C12H18N2O4S. The van der Waals surface area contributed by atoms with Crippen molar-refractivity contribution < 1.29 is 18.3 Å². The molecule has 0 bridgehead atoms. The molecular weight excluding hydrogens is 268 g/mol. The Balaban J connectivity index is 2.57. The first-order valence-corrected chi connectivity index (χ1v) is 7.61. The van der Waals surface area contributed by atoms with Crippen molar-refractivity contribution in [3.63, 3.8) is 0 Å². The molecule has 0 fully saturated rings. The van der Waals surface area contributed by atoms with E-state index in [-0.39, 0.29) is 5.56 Å². The van der Waals surface area contributed by atoms with E-state index in [1.54, 1.807) is 19.9 Å². The highest BCUT2D eigenvalue weighted by molar-refractivity contribution is 7.92. The molecule has 0 amide bonds. The molecule has 0 unspecified atom stereocenters. The summed E-state index contributed by atoms with van der Waals surface area (Å²) >= 11 is 0. The molecule has 106 valence electrons. The van der Waals surface area contributed by atoms with Crippen LogP contribution in [0.3, 0.4) is 0 Å². The molecule has 1 aromatic heterocycles. The van der Waals surface area contributed by atoms with Crippen LogP contribution in [0.2, 0.25) is 0 Å². The number of carbonyl (C=O) groups is 1. The van der Waals surface area contributed by atoms with Gasteiger partial charge in [0.05, 0.1) is 16.0 Å². The van der Waals surface area contributed by atoms with Crippen LogP contribution in [0.5, 0.6) is 0 Å². The van der Waals surface area contributed by atoms with E-state index in [0.717, 1.165) is 0 Å². The quantitative estimate of drug-likeness (QED) is 0.799. The molecule has 0 spiro atoms. The Morgan fingerprint density at radius 1 is 1.42 bits per heavy atom. The van der Waals surface area contributed by atoms with Crippen LogP contribution in [0.4, 0.5) is 0 Å². The summed E-state index contributed by atoms with van der Waals surface area (Å²) in [6.07, 6.45) is 2.48. The van der Waals surface area contributed by atoms with Gasteiger partial charge in [-0.25, -0.2) is 13.2 Å². The number of hydrogen-bond donors (Lipinski definition) is 2. The molecule has 0 aliphatic rings. The van der Waals surface area contributed by atoms with E-state index in [1.165, 1.54) is 18.5 Å². The third-order valence-corrected chi connectivity index (χ3v) is 5.08. The van der Waals surface area contributed by atoms with Gasteiger partial charge in [-0.05, 0) is 26.0 Å². The van der Waals surface area contributed by atoms with E-state index in [1.807, 2.05) is 0 Å². The maximum absolute atomic E-state index is 11.5. The first-order chi connectivity index (χ1) is 8.63. The van der Waals surface area contributed by atoms with E-state index in [2.05, 4.69) is 10.3 Å². The van der Waals surface area contributed by atoms with Crippen molar-refractivity contribution in [3.05, 3.63) is 29.6 Å². The van der Waals surface area contributed by atoms with Gasteiger partial charge < -0.3 is 10.4 Å². The molecule has 0 atom stereocenters. The van der Waals surface area contributed by atoms with Crippen molar-refractivity contribution in [1.29, 1.82) is 0 Å². The standard InChI is InChI=1S/C12H18N2O4S/c1-12(2,19(3,17)18)8-13-7-10-5-4-9(6-14-10)11(15)16/h4-6,13H,7-8H2,1-3H3,(H,15,16). The summed E-state index contributed by atoms with van der Waals surface area (Å²) in [7, 11) is -3.14. The van der Waals surface area contributed by atoms with Gasteiger partial charge in [-0.15, -0.1) is 0 Å². The lowest BCUT2D eigenvalue weighted by atomic mass is 10.2. The molecule has 0 aromatic carbocycles. The van der Waals surface area contributed by atoms with Gasteiger partial charge >= 0.3 is 5.97 Å². The number of nitrogens with one attached hydrogen (secondary N) is 1. The number of aromatic carboxylic acids is 1. The fraction of sp³-hybridized carbons (Fsp3) is 0.500. The van der Waals surface area contributed by atoms with E-state index in [4.69, 9.17) is 5.11 Å². The van der Waals surface area contributed by atoms with Crippen LogP contribution in [0, 0.1) is 0 Å². The van der Waals surface area contributed by atoms with E-state index >= 15 is 0 Å². The van der Waals surface area contributed by atoms with Crippen molar-refractivity contribution >= 4 is 15.8 Å². The summed E-state index contributed by atoms with van der Waals surface area (Å²) in [6.45, 7) is 3.99. The SMILES string of the molecule is CC(C)(CNCc1ccc(C(=O)O)cn1)S(C)(=O)=O. The Hall–Kier alpha value is -1.47. The van der Waals surface area contributed by atoms with Crippen LogP contribution < -0.4 is 5.32 Å². The number of carboxylic acid groups (broad SMARTS) is 1. The summed E-state index contributed by atoms with van der Waals surface area (Å²) in [4.78, 5) is 14.6. The highest BCUT2D eigenvalue weighted by atomic mass is 32.2. The van der Waals surface area contributed by atoms with Gasteiger partial charge in [0.1, 0.15) is 0 Å². The maximum atomic E-state index is 11.5. The average molecular weight is 286 g/mol. The number of sulfone groups is 1. The number of carboxylic acids is 1. The van der Waals surface area contributed by atoms with E-state index in [0.29, 0.717) is 18.8 Å². The minimum Gasteiger partial charge on any atom is -0.478 e. The molecule has 7 heteroatoms. The largest absolute Gasteiger partial charge is 0.478 e. The summed E-state index contributed by atoms with van der Waals surface area (Å²) in [6, 6.07) is 3.07. The summed E-state index contributed by atoms with van der Waals surface area (Å²) < 4.78 is 22.1. The van der Waals surface area contributed by atoms with Gasteiger partial charge in [0.15, 0.2) is 9.84 Å². The number of aromatic nitrogens is 1. The summed E-state index contributed by atoms with van der Waals surface area (Å²) in [5.41, 5.74) is 0.787. The highest BCUT2D eigenvalue weighted by Crippen LogP contribution is 2.13. The molecule has 0 radical (unpaired) electrons. The second-order valence-corrected chi connectivity index (χ2v) is 7.63. The monoisotopic (exact) mass is 286 g/mol. The molecule has 1 rings (SSSR count). The second kappa shape index (κ2) is 5.66. The maximum Gasteiger partial charge on any atom is 0.337 e. The normalized spacial score (nSPS) is 12.4. The summed E-state index contributed by atoms with van der Waals surface area (Å²) in [5, 5.41) is 11.7. The number of nitrogens with zero attached hydrogens (tertiary/aromatic N) is 1. The highest BCUT2D eigenvalue weighted by Gasteiger charge is 2.29. The fourth-order valence-electron chi connectivity index (χ4n) is 1.28. The molecule has 0 saturated carbocycles. The van der Waals surface area contributed by atoms with Gasteiger partial charge in [-0.1, -0.05) is 0 Å². The van der Waals surface area contributed by atoms with Crippen molar-refractivity contribution in [2.75, 3.05) is 12.8 Å². The van der Waals surface area contributed by atoms with Gasteiger partial charge in [0.25, 0.3) is 0 Å². The predicted octanol–water partition coefficient (Wildman–Crippen LogP) is 0.693. The fourth-order valence-corrected chi connectivity index (χ4v) is 1.64. The van der Waals surface area contributed by atoms with Crippen LogP contribution in [-0.2, 0) is 16.4 Å². The smallest absolute Gasteiger partial charge is 0.337 e. The third kappa shape index (κ3) is 4.29. The Morgan fingerprint density at radius 3 is 2.47 bits per heavy atom. The first-order valence-electron chi connectivity index (χ1n) is 5.72. The second-order valence-electron chi connectivity index (χ2n) is 4.98. The zero-order valence-electron chi connectivity index (χ0n) is 11.2. The van der Waals surface area contributed by atoms with Crippen molar-refractivity contribution in [1.82, 2.24) is 10.3 Å². The Labute approximate surface area is 112 Å². The Kier molecular flexibility index (Phi) is 4.65. The minimum atomic E-state index is -3.14. The molecule has 1 heterocycles. The zero-order valence-corrected chi connectivity index (χ0v) is 12.0. The van der Waals surface area contributed by atoms with Crippen LogP contribution in [-0.4, -0.2) is 42.0 Å². The lowest BCUT2D eigenvalue weighted by Gasteiger charge is -2.22. The van der Waals surface area contributed by atoms with Gasteiger partial charge in [0, 0.05) is 25.5 Å². The molecule has 6 nitrogen and oxygen atoms in total. The molecule has 1 aromatic rings. The Bertz CT molecular complexity index is 550. The average Bonchev–Trinajstić information content (AvgIpc) is 2.28. The molecule has 0 aliphatic carbocycles. The molecule has 0 aliphatic heterocycles. The first kappa shape index (κ1) is 15.6. The van der Waals surface area contributed by atoms with Crippen molar-refractivity contribution in [2.45, 2.75) is 25.1 Å². The number of hydrogen-bond acceptors (Lipinski definition) is 5. The zero-order chi connectivity index (χ0) is 14.7. The van der Waals surface area contributed by atoms with E-state index < -0.39 is 20.6 Å². The topological polar surface area (TPSA) is 96.4 Å². The van der Waals surface area contributed by atoms with Crippen LogP contribution >= 0.6 is 0 Å². The lowest BCUT2D eigenvalue weighted by Crippen LogP contribution is -2.41. The van der Waals surface area contributed by atoms with Crippen molar-refractivity contribution in [2.24, 2.45) is 0 Å². The Morgan fingerprint density at radius 2 is 2.05 bits per heavy atom. The number of rotatable bonds is 6. The number of pyridine rings is 1. The van der Waals surface area contributed by atoms with Gasteiger partial charge in [0.2, 0.25) is 0 Å². The third-order valence-electron chi connectivity index (χ3n) is 2.93. The minimum absolute atomic E-state index is 0.125. The molecule has 19 heavy (non-hydrogen) atoms. The predicted molar refractivity (Wildman–Crippen MR) is 71.8 cm³/mol. The van der Waals surface area contributed by atoms with Gasteiger partial charge in [-0.2, -0.15) is 0 Å². The van der Waals surface area contributed by atoms with E-state index in [9.17, 15) is 13.2 Å². The van der Waals surface area contributed by atoms with Crippen LogP contribution in [0.25, 0.3) is 0 Å². The van der Waals surface area contributed by atoms with Crippen molar-refractivity contribution in [3.8, 4) is 0 Å². The van der Waals surface area contributed by atoms with Crippen LogP contribution in [0.1, 0.15) is 29.9 Å². The molecule has 0 saturated heterocycles.